The Hall–Kier alpha value is -1.93. The van der Waals surface area contributed by atoms with E-state index in [0.29, 0.717) is 48.9 Å². The number of hydrogen-bond acceptors (Lipinski definition) is 9. The van der Waals surface area contributed by atoms with Crippen molar-refractivity contribution >= 4 is 37.4 Å². The lowest BCUT2D eigenvalue weighted by molar-refractivity contribution is -0.111. The number of benzene rings is 2. The molecular formula is C33H47ClN2O8S2. The van der Waals surface area contributed by atoms with Crippen LogP contribution in [0.2, 0.25) is 5.02 Å². The Kier molecular flexibility index (Phi) is 11.0. The van der Waals surface area contributed by atoms with Gasteiger partial charge in [0, 0.05) is 18.1 Å². The Morgan fingerprint density at radius 2 is 1.87 bits per heavy atom. The molecule has 10 nitrogen and oxygen atoms in total. The predicted molar refractivity (Wildman–Crippen MR) is 179 cm³/mol. The number of anilines is 1. The normalized spacial score (nSPS) is 30.9. The summed E-state index contributed by atoms with van der Waals surface area (Å²) in [7, 11) is -7.71. The number of halogens is 1. The molecule has 0 aromatic heterocycles. The SMILES string of the molecule is C[C@@H]1[C@@H](C)CCC[C@](O)(COS(C)(=O)=O)[C@@H]2CC[C@H]2CN2CCCCc3cc(Cl)ccc3COc3ccc(cc32)C(O)NS1(=O)=O. The van der Waals surface area contributed by atoms with Crippen molar-refractivity contribution in [1.82, 2.24) is 4.72 Å². The first-order chi connectivity index (χ1) is 21.6. The molecular weight excluding hydrogens is 652 g/mol. The molecule has 1 unspecified atom stereocenters. The molecule has 1 fully saturated rings. The summed E-state index contributed by atoms with van der Waals surface area (Å²) in [5, 5.41) is 23.0. The average Bonchev–Trinajstić information content (AvgIpc) is 3.00. The van der Waals surface area contributed by atoms with E-state index in [4.69, 9.17) is 20.5 Å². The molecule has 0 saturated heterocycles. The highest BCUT2D eigenvalue weighted by atomic mass is 35.5. The van der Waals surface area contributed by atoms with Crippen LogP contribution >= 0.6 is 11.6 Å². The number of aryl methyl sites for hydroxylation is 1. The first kappa shape index (κ1) is 35.4. The number of fused-ring (bicyclic) bond motifs is 3. The first-order valence-electron chi connectivity index (χ1n) is 16.2. The molecule has 6 atom stereocenters. The maximum absolute atomic E-state index is 13.4. The van der Waals surface area contributed by atoms with Gasteiger partial charge >= 0.3 is 0 Å². The molecule has 256 valence electrons. The number of aliphatic hydroxyl groups excluding tert-OH is 1. The molecule has 1 aliphatic carbocycles. The summed E-state index contributed by atoms with van der Waals surface area (Å²) in [4.78, 5) is 2.20. The van der Waals surface area contributed by atoms with Crippen LogP contribution in [0.3, 0.4) is 0 Å². The van der Waals surface area contributed by atoms with Crippen LogP contribution in [-0.2, 0) is 37.4 Å². The number of sulfonamides is 1. The zero-order valence-electron chi connectivity index (χ0n) is 26.8. The number of hydrogen-bond donors (Lipinski definition) is 3. The number of rotatable bonds is 3. The van der Waals surface area contributed by atoms with E-state index in [0.717, 1.165) is 55.2 Å². The summed E-state index contributed by atoms with van der Waals surface area (Å²) >= 11 is 6.32. The van der Waals surface area contributed by atoms with Gasteiger partial charge in [0.1, 0.15) is 18.6 Å². The Labute approximate surface area is 278 Å². The number of aliphatic hydroxyl groups is 2. The lowest BCUT2D eigenvalue weighted by Crippen LogP contribution is -2.53. The van der Waals surface area contributed by atoms with Crippen molar-refractivity contribution in [3.8, 4) is 5.75 Å². The third-order valence-electron chi connectivity index (χ3n) is 10.2. The van der Waals surface area contributed by atoms with E-state index in [1.807, 2.05) is 25.1 Å². The Bertz CT molecular complexity index is 1600. The van der Waals surface area contributed by atoms with Crippen LogP contribution in [0.4, 0.5) is 5.69 Å². The second-order valence-electron chi connectivity index (χ2n) is 13.5. The topological polar surface area (TPSA) is 142 Å². The molecule has 0 spiro atoms. The van der Waals surface area contributed by atoms with Crippen LogP contribution in [0.1, 0.15) is 81.7 Å². The summed E-state index contributed by atoms with van der Waals surface area (Å²) in [6, 6.07) is 11.0. The fourth-order valence-corrected chi connectivity index (χ4v) is 9.10. The van der Waals surface area contributed by atoms with Gasteiger partial charge in [-0.05, 0) is 111 Å². The van der Waals surface area contributed by atoms with Gasteiger partial charge in [0.2, 0.25) is 10.0 Å². The summed E-state index contributed by atoms with van der Waals surface area (Å²) in [5.74, 6) is 0.154. The molecule has 2 heterocycles. The molecule has 0 amide bonds. The van der Waals surface area contributed by atoms with Gasteiger partial charge in [0.25, 0.3) is 10.1 Å². The van der Waals surface area contributed by atoms with Gasteiger partial charge in [-0.3, -0.25) is 4.18 Å². The van der Waals surface area contributed by atoms with Crippen LogP contribution < -0.4 is 14.4 Å². The van der Waals surface area contributed by atoms with Crippen molar-refractivity contribution in [1.29, 1.82) is 0 Å². The van der Waals surface area contributed by atoms with Gasteiger partial charge in [0.15, 0.2) is 0 Å². The van der Waals surface area contributed by atoms with Gasteiger partial charge in [-0.15, -0.1) is 0 Å². The molecule has 3 N–H and O–H groups in total. The minimum Gasteiger partial charge on any atom is -0.487 e. The third kappa shape index (κ3) is 8.37. The molecule has 5 rings (SSSR count). The summed E-state index contributed by atoms with van der Waals surface area (Å²) < 4.78 is 64.8. The van der Waals surface area contributed by atoms with Crippen LogP contribution in [-0.4, -0.2) is 63.9 Å². The van der Waals surface area contributed by atoms with Crippen molar-refractivity contribution in [2.24, 2.45) is 17.8 Å². The molecule has 3 aliphatic rings. The van der Waals surface area contributed by atoms with Crippen molar-refractivity contribution in [3.63, 3.8) is 0 Å². The zero-order chi connectivity index (χ0) is 33.3. The Balaban J connectivity index is 1.55. The second kappa shape index (κ2) is 14.3. The Morgan fingerprint density at radius 1 is 1.09 bits per heavy atom. The molecule has 0 radical (unpaired) electrons. The van der Waals surface area contributed by atoms with E-state index < -0.39 is 37.2 Å². The maximum atomic E-state index is 13.4. The zero-order valence-corrected chi connectivity index (χ0v) is 29.2. The standard InChI is InChI=1S/C33H47ClN2O8S2/c1-22-7-6-15-33(38,21-44-45(3,39)40)29-13-10-26(29)19-36-16-5-4-8-24-17-28(34)12-9-27(24)20-43-31-14-11-25(18-30(31)36)32(37)35-46(41,42)23(22)2/h9,11-12,14,17-18,22-23,26,29,32,35,37-38H,4-8,10,13,15-16,19-21H2,1-3H3/t22-,23+,26-,29+,32?,33-/m0/s1. The molecule has 2 aromatic carbocycles. The van der Waals surface area contributed by atoms with E-state index in [2.05, 4.69) is 9.62 Å². The maximum Gasteiger partial charge on any atom is 0.264 e. The smallest absolute Gasteiger partial charge is 0.264 e. The lowest BCUT2D eigenvalue weighted by atomic mass is 9.63. The predicted octanol–water partition coefficient (Wildman–Crippen LogP) is 4.91. The highest BCUT2D eigenvalue weighted by Gasteiger charge is 2.48. The average molecular weight is 699 g/mol. The lowest BCUT2D eigenvalue weighted by Gasteiger charge is -2.49. The monoisotopic (exact) mass is 698 g/mol. The van der Waals surface area contributed by atoms with Crippen LogP contribution in [0.5, 0.6) is 5.75 Å². The summed E-state index contributed by atoms with van der Waals surface area (Å²) in [6.07, 6.45) is 4.96. The summed E-state index contributed by atoms with van der Waals surface area (Å²) in [6.45, 7) is 4.64. The fourth-order valence-electron chi connectivity index (χ4n) is 7.08. The highest BCUT2D eigenvalue weighted by Crippen LogP contribution is 2.46. The molecule has 2 bridgehead atoms. The molecule has 2 aliphatic heterocycles. The minimum atomic E-state index is -3.92. The van der Waals surface area contributed by atoms with Crippen LogP contribution in [0, 0.1) is 17.8 Å². The van der Waals surface area contributed by atoms with Gasteiger partial charge < -0.3 is 19.8 Å². The molecule has 13 heteroatoms. The molecule has 2 aromatic rings. The number of nitrogens with one attached hydrogen (secondary N) is 1. The van der Waals surface area contributed by atoms with Crippen LogP contribution in [0.25, 0.3) is 0 Å². The van der Waals surface area contributed by atoms with Crippen molar-refractivity contribution in [2.45, 2.75) is 88.9 Å². The van der Waals surface area contributed by atoms with Crippen molar-refractivity contribution in [3.05, 3.63) is 58.1 Å². The van der Waals surface area contributed by atoms with E-state index in [1.165, 1.54) is 0 Å². The largest absolute Gasteiger partial charge is 0.487 e. The van der Waals surface area contributed by atoms with Gasteiger partial charge in [0.05, 0.1) is 29.4 Å². The quantitative estimate of drug-likeness (QED) is 0.381. The number of nitrogens with zero attached hydrogens (tertiary/aromatic N) is 1. The van der Waals surface area contributed by atoms with Gasteiger partial charge in [-0.1, -0.05) is 37.1 Å². The second-order valence-corrected chi connectivity index (χ2v) is 17.6. The molecule has 1 saturated carbocycles. The van der Waals surface area contributed by atoms with E-state index in [-0.39, 0.29) is 30.8 Å². The summed E-state index contributed by atoms with van der Waals surface area (Å²) in [5.41, 5.74) is 1.90. The first-order valence-corrected chi connectivity index (χ1v) is 19.9. The van der Waals surface area contributed by atoms with E-state index in [1.54, 1.807) is 25.1 Å². The van der Waals surface area contributed by atoms with E-state index >= 15 is 0 Å². The Morgan fingerprint density at radius 3 is 2.59 bits per heavy atom. The van der Waals surface area contributed by atoms with Crippen molar-refractivity contribution in [2.75, 3.05) is 30.9 Å². The number of ether oxygens (including phenoxy) is 1. The highest BCUT2D eigenvalue weighted by molar-refractivity contribution is 7.90. The fraction of sp³-hybridized carbons (Fsp3) is 0.636. The van der Waals surface area contributed by atoms with E-state index in [9.17, 15) is 27.0 Å². The van der Waals surface area contributed by atoms with Gasteiger partial charge in [-0.2, -0.15) is 13.1 Å². The van der Waals surface area contributed by atoms with Crippen LogP contribution in [0.15, 0.2) is 36.4 Å². The van der Waals surface area contributed by atoms with Gasteiger partial charge in [-0.25, -0.2) is 8.42 Å². The minimum absolute atomic E-state index is 0.0541. The molecule has 46 heavy (non-hydrogen) atoms. The third-order valence-corrected chi connectivity index (χ3v) is 13.0. The van der Waals surface area contributed by atoms with Crippen molar-refractivity contribution < 1.29 is 36.0 Å².